The summed E-state index contributed by atoms with van der Waals surface area (Å²) in [6, 6.07) is 11.4. The maximum atomic E-state index is 13.0. The summed E-state index contributed by atoms with van der Waals surface area (Å²) in [4.78, 5) is 25.9. The highest BCUT2D eigenvalue weighted by Crippen LogP contribution is 2.32. The van der Waals surface area contributed by atoms with Crippen LogP contribution in [0.5, 0.6) is 0 Å². The van der Waals surface area contributed by atoms with Crippen molar-refractivity contribution in [2.24, 2.45) is 0 Å². The molecule has 0 heterocycles. The molecule has 3 aromatic carbocycles. The Kier molecular flexibility index (Phi) is 8.00. The number of benzene rings is 3. The fraction of sp³-hybridized carbons (Fsp3) is 0.0833. The van der Waals surface area contributed by atoms with Gasteiger partial charge < -0.3 is 10.6 Å². The van der Waals surface area contributed by atoms with Crippen LogP contribution in [0.1, 0.15) is 16.7 Å². The number of halogens is 8. The number of anilines is 2. The monoisotopic (exact) mass is 546 g/mol. The van der Waals surface area contributed by atoms with Crippen LogP contribution < -0.4 is 10.6 Å². The van der Waals surface area contributed by atoms with Crippen molar-refractivity contribution in [2.45, 2.75) is 12.4 Å². The lowest BCUT2D eigenvalue weighted by atomic mass is 10.1. The van der Waals surface area contributed by atoms with E-state index in [0.717, 1.165) is 30.3 Å². The van der Waals surface area contributed by atoms with E-state index in [4.69, 9.17) is 23.2 Å². The highest BCUT2D eigenvalue weighted by Gasteiger charge is 2.32. The van der Waals surface area contributed by atoms with Gasteiger partial charge in [-0.05, 0) is 66.2 Å². The molecule has 12 heteroatoms. The largest absolute Gasteiger partial charge is 0.416 e. The number of amides is 2. The highest BCUT2D eigenvalue weighted by molar-refractivity contribution is 6.35. The molecule has 0 bridgehead atoms. The molecule has 0 saturated carbocycles. The van der Waals surface area contributed by atoms with Crippen molar-refractivity contribution in [3.63, 3.8) is 0 Å². The Labute approximate surface area is 210 Å². The quantitative estimate of drug-likeness (QED) is 0.149. The van der Waals surface area contributed by atoms with Gasteiger partial charge in [0.1, 0.15) is 5.57 Å². The smallest absolute Gasteiger partial charge is 0.322 e. The van der Waals surface area contributed by atoms with Crippen LogP contribution in [0, 0.1) is 0 Å². The van der Waals surface area contributed by atoms with Crippen LogP contribution in [0.3, 0.4) is 0 Å². The van der Waals surface area contributed by atoms with Gasteiger partial charge in [0, 0.05) is 21.4 Å². The third kappa shape index (κ3) is 7.25. The van der Waals surface area contributed by atoms with Gasteiger partial charge in [-0.3, -0.25) is 9.59 Å². The first-order chi connectivity index (χ1) is 16.7. The second-order valence-corrected chi connectivity index (χ2v) is 8.20. The first kappa shape index (κ1) is 27.1. The first-order valence-corrected chi connectivity index (χ1v) is 10.6. The van der Waals surface area contributed by atoms with Crippen molar-refractivity contribution in [3.8, 4) is 0 Å². The topological polar surface area (TPSA) is 58.2 Å². The molecule has 2 amide bonds. The molecule has 36 heavy (non-hydrogen) atoms. The average Bonchev–Trinajstić information content (AvgIpc) is 2.76. The van der Waals surface area contributed by atoms with Crippen LogP contribution in [-0.2, 0) is 21.9 Å². The van der Waals surface area contributed by atoms with Crippen molar-refractivity contribution >= 4 is 52.5 Å². The zero-order chi connectivity index (χ0) is 26.7. The van der Waals surface area contributed by atoms with E-state index in [1.807, 2.05) is 0 Å². The van der Waals surface area contributed by atoms with Gasteiger partial charge in [-0.15, -0.1) is 0 Å². The zero-order valence-electron chi connectivity index (χ0n) is 17.8. The number of hydrogen-bond donors (Lipinski definition) is 2. The van der Waals surface area contributed by atoms with Crippen molar-refractivity contribution in [2.75, 3.05) is 10.6 Å². The first-order valence-electron chi connectivity index (χ1n) is 9.87. The lowest BCUT2D eigenvalue weighted by Crippen LogP contribution is -2.25. The summed E-state index contributed by atoms with van der Waals surface area (Å²) in [6.07, 6.45) is -8.32. The predicted octanol–water partition coefficient (Wildman–Crippen LogP) is 7.69. The van der Waals surface area contributed by atoms with Crippen LogP contribution in [-0.4, -0.2) is 11.8 Å². The third-order valence-electron chi connectivity index (χ3n) is 4.58. The number of hydrogen-bond acceptors (Lipinski definition) is 2. The summed E-state index contributed by atoms with van der Waals surface area (Å²) in [6.45, 7) is 0. The van der Waals surface area contributed by atoms with Crippen molar-refractivity contribution in [1.82, 2.24) is 0 Å². The van der Waals surface area contributed by atoms with E-state index in [-0.39, 0.29) is 27.0 Å². The second kappa shape index (κ2) is 10.6. The number of rotatable bonds is 5. The summed E-state index contributed by atoms with van der Waals surface area (Å²) < 4.78 is 78.1. The number of carbonyl (C=O) groups excluding carboxylic acids is 2. The van der Waals surface area contributed by atoms with E-state index < -0.39 is 40.9 Å². The molecule has 0 unspecified atom stereocenters. The number of nitrogens with one attached hydrogen (secondary N) is 2. The van der Waals surface area contributed by atoms with E-state index in [9.17, 15) is 35.9 Å². The van der Waals surface area contributed by atoms with Gasteiger partial charge in [0.2, 0.25) is 0 Å². The summed E-state index contributed by atoms with van der Waals surface area (Å²) in [5, 5.41) is 4.70. The summed E-state index contributed by atoms with van der Waals surface area (Å²) in [7, 11) is 0. The van der Waals surface area contributed by atoms with Crippen LogP contribution in [0.2, 0.25) is 10.0 Å². The Morgan fingerprint density at radius 2 is 1.08 bits per heavy atom. The van der Waals surface area contributed by atoms with E-state index in [1.54, 1.807) is 0 Å². The molecule has 0 aromatic heterocycles. The predicted molar refractivity (Wildman–Crippen MR) is 125 cm³/mol. The van der Waals surface area contributed by atoms with Gasteiger partial charge in [0.05, 0.1) is 11.1 Å². The molecule has 0 spiro atoms. The average molecular weight is 547 g/mol. The Balaban J connectivity index is 1.97. The molecule has 3 aromatic rings. The number of carbonyl (C=O) groups is 2. The van der Waals surface area contributed by atoms with E-state index in [2.05, 4.69) is 10.6 Å². The van der Waals surface area contributed by atoms with Gasteiger partial charge >= 0.3 is 12.4 Å². The molecule has 0 atom stereocenters. The SMILES string of the molecule is O=C(Nc1cccc(C(F)(F)F)c1)C(=Cc1cc(Cl)cc(Cl)c1)C(=O)Nc1cccc(C(F)(F)F)c1. The Bertz CT molecular complexity index is 1240. The minimum Gasteiger partial charge on any atom is -0.322 e. The maximum Gasteiger partial charge on any atom is 0.416 e. The van der Waals surface area contributed by atoms with E-state index in [1.165, 1.54) is 30.3 Å². The molecule has 0 radical (unpaired) electrons. The van der Waals surface area contributed by atoms with Gasteiger partial charge in [-0.25, -0.2) is 0 Å². The molecule has 0 saturated heterocycles. The Morgan fingerprint density at radius 1 is 0.667 bits per heavy atom. The Hall–Kier alpha value is -3.50. The van der Waals surface area contributed by atoms with Crippen LogP contribution in [0.25, 0.3) is 6.08 Å². The minimum absolute atomic E-state index is 0.157. The van der Waals surface area contributed by atoms with Crippen LogP contribution >= 0.6 is 23.2 Å². The summed E-state index contributed by atoms with van der Waals surface area (Å²) in [5.41, 5.74) is -3.07. The fourth-order valence-electron chi connectivity index (χ4n) is 3.00. The molecule has 3 rings (SSSR count). The molecule has 0 aliphatic heterocycles. The highest BCUT2D eigenvalue weighted by atomic mass is 35.5. The molecule has 2 N–H and O–H groups in total. The summed E-state index contributed by atoms with van der Waals surface area (Å²) in [5.74, 6) is -2.26. The molecular formula is C24H14Cl2F6N2O2. The van der Waals surface area contributed by atoms with Crippen LogP contribution in [0.4, 0.5) is 37.7 Å². The van der Waals surface area contributed by atoms with Gasteiger partial charge in [0.25, 0.3) is 11.8 Å². The van der Waals surface area contributed by atoms with Gasteiger partial charge in [-0.2, -0.15) is 26.3 Å². The fourth-order valence-corrected chi connectivity index (χ4v) is 3.55. The molecule has 0 aliphatic carbocycles. The summed E-state index contributed by atoms with van der Waals surface area (Å²) >= 11 is 11.9. The standard InChI is InChI=1S/C24H14Cl2F6N2O2/c25-16-7-13(8-17(26)12-16)9-20(21(35)33-18-5-1-3-14(10-18)23(27,28)29)22(36)34-19-6-2-4-15(11-19)24(30,31)32/h1-12H,(H,33,35)(H,34,36). The molecule has 188 valence electrons. The van der Waals surface area contributed by atoms with Crippen LogP contribution in [0.15, 0.2) is 72.3 Å². The molecule has 0 fully saturated rings. The van der Waals surface area contributed by atoms with Crippen molar-refractivity contribution in [3.05, 3.63) is 99.0 Å². The van der Waals surface area contributed by atoms with E-state index in [0.29, 0.717) is 12.1 Å². The van der Waals surface area contributed by atoms with E-state index >= 15 is 0 Å². The van der Waals surface area contributed by atoms with Gasteiger partial charge in [-0.1, -0.05) is 35.3 Å². The molecular weight excluding hydrogens is 533 g/mol. The lowest BCUT2D eigenvalue weighted by Gasteiger charge is -2.13. The number of alkyl halides is 6. The van der Waals surface area contributed by atoms with Crippen molar-refractivity contribution < 1.29 is 35.9 Å². The molecule has 0 aliphatic rings. The van der Waals surface area contributed by atoms with Gasteiger partial charge in [0.15, 0.2) is 0 Å². The second-order valence-electron chi connectivity index (χ2n) is 7.33. The van der Waals surface area contributed by atoms with Crippen molar-refractivity contribution in [1.29, 1.82) is 0 Å². The maximum absolute atomic E-state index is 13.0. The normalized spacial score (nSPS) is 11.6. The Morgan fingerprint density at radius 3 is 1.47 bits per heavy atom. The zero-order valence-corrected chi connectivity index (χ0v) is 19.3. The molecule has 4 nitrogen and oxygen atoms in total. The third-order valence-corrected chi connectivity index (χ3v) is 5.02. The lowest BCUT2D eigenvalue weighted by molar-refractivity contribution is -0.138. The minimum atomic E-state index is -4.68.